The van der Waals surface area contributed by atoms with Gasteiger partial charge in [0.15, 0.2) is 0 Å². The van der Waals surface area contributed by atoms with Crippen molar-refractivity contribution in [3.63, 3.8) is 0 Å². The average Bonchev–Trinajstić information content (AvgIpc) is 2.45. The van der Waals surface area contributed by atoms with Crippen molar-refractivity contribution in [2.24, 2.45) is 5.41 Å². The fourth-order valence-corrected chi connectivity index (χ4v) is 2.50. The molecule has 0 atom stereocenters. The molecule has 0 saturated carbocycles. The highest BCUT2D eigenvalue weighted by molar-refractivity contribution is 5.82. The maximum absolute atomic E-state index is 11.9. The van der Waals surface area contributed by atoms with Crippen molar-refractivity contribution in [2.75, 3.05) is 19.7 Å². The molecule has 0 radical (unpaired) electrons. The summed E-state index contributed by atoms with van der Waals surface area (Å²) in [4.78, 5) is 36.1. The lowest BCUT2D eigenvalue weighted by Crippen LogP contribution is -2.46. The Bertz CT molecular complexity index is 372. The number of carboxylic acids is 1. The third-order valence-electron chi connectivity index (χ3n) is 4.05. The van der Waals surface area contributed by atoms with Crippen LogP contribution in [0.3, 0.4) is 0 Å². The predicted octanol–water partition coefficient (Wildman–Crippen LogP) is 1.43. The summed E-state index contributed by atoms with van der Waals surface area (Å²) in [5, 5.41) is 9.28. The minimum atomic E-state index is -0.779. The second kappa shape index (κ2) is 7.26. The van der Waals surface area contributed by atoms with E-state index in [0.717, 1.165) is 0 Å². The third kappa shape index (κ3) is 3.95. The molecule has 6 heteroatoms. The Morgan fingerprint density at radius 1 is 1.15 bits per heavy atom. The molecule has 1 aliphatic rings. The van der Waals surface area contributed by atoms with E-state index in [0.29, 0.717) is 39.0 Å². The van der Waals surface area contributed by atoms with Crippen LogP contribution in [0.2, 0.25) is 0 Å². The van der Waals surface area contributed by atoms with Crippen LogP contribution in [0.25, 0.3) is 0 Å². The largest absolute Gasteiger partial charge is 0.481 e. The van der Waals surface area contributed by atoms with Gasteiger partial charge in [-0.15, -0.1) is 0 Å². The molecule has 1 heterocycles. The van der Waals surface area contributed by atoms with Crippen molar-refractivity contribution in [1.29, 1.82) is 0 Å². The van der Waals surface area contributed by atoms with Crippen LogP contribution in [-0.2, 0) is 19.1 Å². The van der Waals surface area contributed by atoms with Gasteiger partial charge in [0.05, 0.1) is 18.4 Å². The summed E-state index contributed by atoms with van der Waals surface area (Å²) in [6.07, 6.45) is 1.74. The first-order valence-electron chi connectivity index (χ1n) is 7.12. The number of carbonyl (C=O) groups is 3. The van der Waals surface area contributed by atoms with Gasteiger partial charge in [-0.1, -0.05) is 6.92 Å². The number of piperidine rings is 1. The summed E-state index contributed by atoms with van der Waals surface area (Å²) in [7, 11) is 0. The SMILES string of the molecule is CCOC(=O)CCC(=O)N1CCC(CC)(C(=O)O)CC1. The van der Waals surface area contributed by atoms with Gasteiger partial charge in [-0.3, -0.25) is 14.4 Å². The number of ether oxygens (including phenoxy) is 1. The number of carbonyl (C=O) groups excluding carboxylic acids is 2. The van der Waals surface area contributed by atoms with E-state index in [4.69, 9.17) is 4.74 Å². The Morgan fingerprint density at radius 2 is 1.75 bits per heavy atom. The smallest absolute Gasteiger partial charge is 0.309 e. The van der Waals surface area contributed by atoms with E-state index < -0.39 is 11.4 Å². The number of carboxylic acid groups (broad SMARTS) is 1. The minimum absolute atomic E-state index is 0.0843. The molecule has 114 valence electrons. The van der Waals surface area contributed by atoms with E-state index in [9.17, 15) is 19.5 Å². The number of hydrogen-bond acceptors (Lipinski definition) is 4. The highest BCUT2D eigenvalue weighted by Gasteiger charge is 2.40. The molecule has 0 aliphatic carbocycles. The summed E-state index contributed by atoms with van der Waals surface area (Å²) in [5.41, 5.74) is -0.697. The Labute approximate surface area is 119 Å². The Hall–Kier alpha value is -1.59. The third-order valence-corrected chi connectivity index (χ3v) is 4.05. The Kier molecular flexibility index (Phi) is 5.98. The van der Waals surface area contributed by atoms with Crippen molar-refractivity contribution in [2.45, 2.75) is 46.0 Å². The van der Waals surface area contributed by atoms with E-state index in [2.05, 4.69) is 0 Å². The lowest BCUT2D eigenvalue weighted by atomic mass is 9.76. The zero-order valence-corrected chi connectivity index (χ0v) is 12.2. The van der Waals surface area contributed by atoms with E-state index in [-0.39, 0.29) is 24.7 Å². The number of rotatable bonds is 6. The molecule has 20 heavy (non-hydrogen) atoms. The molecule has 1 fully saturated rings. The molecule has 0 aromatic rings. The summed E-state index contributed by atoms with van der Waals surface area (Å²) < 4.78 is 4.77. The monoisotopic (exact) mass is 285 g/mol. The zero-order valence-electron chi connectivity index (χ0n) is 12.2. The van der Waals surface area contributed by atoms with E-state index in [1.807, 2.05) is 6.92 Å². The van der Waals surface area contributed by atoms with Crippen LogP contribution in [0.15, 0.2) is 0 Å². The molecule has 1 aliphatic heterocycles. The first kappa shape index (κ1) is 16.5. The number of esters is 1. The highest BCUT2D eigenvalue weighted by Crippen LogP contribution is 2.35. The van der Waals surface area contributed by atoms with Gasteiger partial charge in [0.2, 0.25) is 5.91 Å². The van der Waals surface area contributed by atoms with Gasteiger partial charge in [-0.25, -0.2) is 0 Å². The molecule has 0 bridgehead atoms. The van der Waals surface area contributed by atoms with Crippen LogP contribution in [-0.4, -0.2) is 47.5 Å². The van der Waals surface area contributed by atoms with Crippen LogP contribution in [0, 0.1) is 5.41 Å². The second-order valence-electron chi connectivity index (χ2n) is 5.12. The molecular formula is C14H23NO5. The molecule has 0 spiro atoms. The number of nitrogens with zero attached hydrogens (tertiary/aromatic N) is 1. The second-order valence-corrected chi connectivity index (χ2v) is 5.12. The normalized spacial score (nSPS) is 17.6. The van der Waals surface area contributed by atoms with Crippen LogP contribution in [0.4, 0.5) is 0 Å². The topological polar surface area (TPSA) is 83.9 Å². The van der Waals surface area contributed by atoms with Gasteiger partial charge >= 0.3 is 11.9 Å². The minimum Gasteiger partial charge on any atom is -0.481 e. The summed E-state index contributed by atoms with van der Waals surface area (Å²) in [6.45, 7) is 4.80. The first-order chi connectivity index (χ1) is 9.45. The van der Waals surface area contributed by atoms with E-state index in [1.54, 1.807) is 11.8 Å². The summed E-state index contributed by atoms with van der Waals surface area (Å²) in [5.74, 6) is -1.25. The van der Waals surface area contributed by atoms with Crippen molar-refractivity contribution in [1.82, 2.24) is 4.90 Å². The quantitative estimate of drug-likeness (QED) is 0.746. The van der Waals surface area contributed by atoms with Crippen molar-refractivity contribution in [3.8, 4) is 0 Å². The fraction of sp³-hybridized carbons (Fsp3) is 0.786. The molecule has 6 nitrogen and oxygen atoms in total. The van der Waals surface area contributed by atoms with Crippen molar-refractivity contribution >= 4 is 17.8 Å². The van der Waals surface area contributed by atoms with E-state index in [1.165, 1.54) is 0 Å². The highest BCUT2D eigenvalue weighted by atomic mass is 16.5. The van der Waals surface area contributed by atoms with E-state index >= 15 is 0 Å². The van der Waals surface area contributed by atoms with Crippen LogP contribution in [0.5, 0.6) is 0 Å². The van der Waals surface area contributed by atoms with Gasteiger partial charge in [0.25, 0.3) is 0 Å². The number of hydrogen-bond donors (Lipinski definition) is 1. The predicted molar refractivity (Wildman–Crippen MR) is 72.0 cm³/mol. The lowest BCUT2D eigenvalue weighted by Gasteiger charge is -2.38. The lowest BCUT2D eigenvalue weighted by molar-refractivity contribution is -0.154. The van der Waals surface area contributed by atoms with Crippen LogP contribution in [0.1, 0.15) is 46.0 Å². The Morgan fingerprint density at radius 3 is 2.20 bits per heavy atom. The van der Waals surface area contributed by atoms with Gasteiger partial charge in [-0.2, -0.15) is 0 Å². The molecule has 1 rings (SSSR count). The molecule has 1 saturated heterocycles. The average molecular weight is 285 g/mol. The van der Waals surface area contributed by atoms with Gasteiger partial charge in [0, 0.05) is 19.5 Å². The maximum Gasteiger partial charge on any atom is 0.309 e. The fourth-order valence-electron chi connectivity index (χ4n) is 2.50. The van der Waals surface area contributed by atoms with Crippen molar-refractivity contribution < 1.29 is 24.2 Å². The number of aliphatic carboxylic acids is 1. The molecule has 1 N–H and O–H groups in total. The molecule has 0 aromatic carbocycles. The van der Waals surface area contributed by atoms with Gasteiger partial charge in [-0.05, 0) is 26.2 Å². The van der Waals surface area contributed by atoms with Crippen LogP contribution >= 0.6 is 0 Å². The maximum atomic E-state index is 11.9. The molecule has 1 amide bonds. The summed E-state index contributed by atoms with van der Waals surface area (Å²) >= 11 is 0. The molecule has 0 unspecified atom stereocenters. The Balaban J connectivity index is 2.43. The van der Waals surface area contributed by atoms with Crippen LogP contribution < -0.4 is 0 Å². The number of amides is 1. The summed E-state index contributed by atoms with van der Waals surface area (Å²) in [6, 6.07) is 0. The van der Waals surface area contributed by atoms with Gasteiger partial charge in [0.1, 0.15) is 0 Å². The molecular weight excluding hydrogens is 262 g/mol. The zero-order chi connectivity index (χ0) is 15.2. The molecule has 0 aromatic heterocycles. The van der Waals surface area contributed by atoms with Gasteiger partial charge < -0.3 is 14.7 Å². The number of likely N-dealkylation sites (tertiary alicyclic amines) is 1. The first-order valence-corrected chi connectivity index (χ1v) is 7.12. The van der Waals surface area contributed by atoms with Crippen molar-refractivity contribution in [3.05, 3.63) is 0 Å². The standard InChI is InChI=1S/C14H23NO5/c1-3-14(13(18)19)7-9-15(10-8-14)11(16)5-6-12(17)20-4-2/h3-10H2,1-2H3,(H,18,19).